The molecule has 0 unspecified atom stereocenters. The van der Waals surface area contributed by atoms with Gasteiger partial charge in [-0.15, -0.1) is 0 Å². The molecule has 0 N–H and O–H groups in total. The molecular weight excluding hydrogens is 492 g/mol. The van der Waals surface area contributed by atoms with Gasteiger partial charge in [0.15, 0.2) is 6.20 Å². The van der Waals surface area contributed by atoms with Crippen LogP contribution in [0.25, 0.3) is 23.1 Å². The predicted octanol–water partition coefficient (Wildman–Crippen LogP) is 7.20. The Morgan fingerprint density at radius 2 is 1.42 bits per heavy atom. The summed E-state index contributed by atoms with van der Waals surface area (Å²) < 4.78 is 34.8. The third kappa shape index (κ3) is 10.2. The minimum absolute atomic E-state index is 0.308. The summed E-state index contributed by atoms with van der Waals surface area (Å²) in [5, 5.41) is 1.08. The predicted molar refractivity (Wildman–Crippen MR) is 159 cm³/mol. The quantitative estimate of drug-likeness (QED) is 0.0792. The molecule has 0 saturated heterocycles. The molecule has 38 heavy (non-hydrogen) atoms. The van der Waals surface area contributed by atoms with Crippen molar-refractivity contribution in [2.75, 3.05) is 23.7 Å². The van der Waals surface area contributed by atoms with E-state index in [-0.39, 0.29) is 5.75 Å². The Hall–Kier alpha value is -2.70. The third-order valence-corrected chi connectivity index (χ3v) is 7.77. The minimum atomic E-state index is -4.18. The van der Waals surface area contributed by atoms with Crippen molar-refractivity contribution in [1.82, 2.24) is 0 Å². The molecule has 0 amide bonds. The Morgan fingerprint density at radius 1 is 0.789 bits per heavy atom. The molecule has 5 nitrogen and oxygen atoms in total. The second kappa shape index (κ2) is 15.6. The maximum absolute atomic E-state index is 10.9. The number of anilines is 1. The highest BCUT2D eigenvalue weighted by atomic mass is 32.2. The van der Waals surface area contributed by atoms with Gasteiger partial charge in [-0.25, -0.2) is 8.42 Å². The fourth-order valence-electron chi connectivity index (χ4n) is 4.83. The number of hydrogen-bond donors (Lipinski definition) is 0. The zero-order valence-electron chi connectivity index (χ0n) is 23.1. The molecule has 1 aromatic heterocycles. The van der Waals surface area contributed by atoms with Crippen molar-refractivity contribution in [2.45, 2.75) is 78.2 Å². The molecule has 0 radical (unpaired) electrons. The second-order valence-corrected chi connectivity index (χ2v) is 11.7. The topological polar surface area (TPSA) is 64.3 Å². The summed E-state index contributed by atoms with van der Waals surface area (Å²) in [5.74, 6) is -0.342. The smallest absolute Gasteiger partial charge is 0.212 e. The van der Waals surface area contributed by atoms with Crippen LogP contribution in [-0.4, -0.2) is 31.8 Å². The average molecular weight is 537 g/mol. The lowest BCUT2D eigenvalue weighted by atomic mass is 10.1. The van der Waals surface area contributed by atoms with Crippen LogP contribution in [0, 0.1) is 0 Å². The van der Waals surface area contributed by atoms with Gasteiger partial charge in [-0.05, 0) is 54.3 Å². The van der Waals surface area contributed by atoms with Gasteiger partial charge in [0.25, 0.3) is 0 Å². The third-order valence-electron chi connectivity index (χ3n) is 6.99. The van der Waals surface area contributed by atoms with E-state index in [4.69, 9.17) is 0 Å². The maximum atomic E-state index is 10.9. The van der Waals surface area contributed by atoms with E-state index >= 15 is 0 Å². The summed E-state index contributed by atoms with van der Waals surface area (Å²) >= 11 is 0. The van der Waals surface area contributed by atoms with Crippen molar-refractivity contribution in [3.8, 4) is 0 Å². The highest BCUT2D eigenvalue weighted by molar-refractivity contribution is 7.85. The lowest BCUT2D eigenvalue weighted by Gasteiger charge is -2.25. The summed E-state index contributed by atoms with van der Waals surface area (Å²) in [6, 6.07) is 19.2. The van der Waals surface area contributed by atoms with Crippen molar-refractivity contribution in [3.05, 3.63) is 71.9 Å². The SMILES string of the molecule is CCCCCCN(CCCCCC)c1ccc(/C=C/c2ccc3c(ccc[n+]3CCCS(=O)(=O)[O-])c2)cc1. The molecule has 3 aromatic rings. The number of nitrogens with zero attached hydrogens (tertiary/aromatic N) is 2. The zero-order valence-corrected chi connectivity index (χ0v) is 24.0. The average Bonchev–Trinajstić information content (AvgIpc) is 2.90. The lowest BCUT2D eigenvalue weighted by molar-refractivity contribution is -0.671. The Labute approximate surface area is 230 Å². The zero-order chi connectivity index (χ0) is 27.2. The first-order valence-corrected chi connectivity index (χ1v) is 15.9. The highest BCUT2D eigenvalue weighted by Gasteiger charge is 2.10. The first kappa shape index (κ1) is 29.9. The van der Waals surface area contributed by atoms with Gasteiger partial charge in [-0.2, -0.15) is 4.57 Å². The number of aromatic nitrogens is 1. The Morgan fingerprint density at radius 3 is 2.05 bits per heavy atom. The molecule has 2 aromatic carbocycles. The van der Waals surface area contributed by atoms with E-state index in [0.717, 1.165) is 29.6 Å². The molecule has 0 fully saturated rings. The summed E-state index contributed by atoms with van der Waals surface area (Å²) in [4.78, 5) is 2.56. The van der Waals surface area contributed by atoms with Gasteiger partial charge in [0.1, 0.15) is 6.54 Å². The van der Waals surface area contributed by atoms with Crippen LogP contribution in [0.2, 0.25) is 0 Å². The van der Waals surface area contributed by atoms with Crippen LogP contribution in [0.4, 0.5) is 5.69 Å². The molecular formula is C32H44N2O3S. The Kier molecular flexibility index (Phi) is 12.3. The number of rotatable bonds is 17. The van der Waals surface area contributed by atoms with Gasteiger partial charge in [0.2, 0.25) is 5.52 Å². The van der Waals surface area contributed by atoms with Crippen LogP contribution in [0.1, 0.15) is 82.8 Å². The fraction of sp³-hybridized carbons (Fsp3) is 0.469. The fourth-order valence-corrected chi connectivity index (χ4v) is 5.31. The van der Waals surface area contributed by atoms with Crippen molar-refractivity contribution in [2.24, 2.45) is 0 Å². The first-order valence-electron chi connectivity index (χ1n) is 14.3. The number of aryl methyl sites for hydroxylation is 1. The van der Waals surface area contributed by atoms with Crippen LogP contribution in [0.15, 0.2) is 60.8 Å². The van der Waals surface area contributed by atoms with Gasteiger partial charge in [0.05, 0.1) is 10.1 Å². The first-order chi connectivity index (χ1) is 18.4. The number of unbranched alkanes of at least 4 members (excludes halogenated alkanes) is 6. The molecule has 6 heteroatoms. The van der Waals surface area contributed by atoms with Crippen molar-refractivity contribution in [3.63, 3.8) is 0 Å². The van der Waals surface area contributed by atoms with Crippen molar-refractivity contribution >= 4 is 38.9 Å². The Balaban J connectivity index is 1.65. The molecule has 3 rings (SSSR count). The van der Waals surface area contributed by atoms with Gasteiger partial charge < -0.3 is 9.45 Å². The summed E-state index contributed by atoms with van der Waals surface area (Å²) in [6.07, 6.45) is 16.8. The molecule has 0 aliphatic heterocycles. The van der Waals surface area contributed by atoms with Crippen LogP contribution in [0.5, 0.6) is 0 Å². The number of pyridine rings is 1. The summed E-state index contributed by atoms with van der Waals surface area (Å²) in [5.41, 5.74) is 4.62. The van der Waals surface area contributed by atoms with E-state index in [1.54, 1.807) is 0 Å². The molecule has 206 valence electrons. The second-order valence-electron chi connectivity index (χ2n) is 10.2. The normalized spacial score (nSPS) is 12.0. The van der Waals surface area contributed by atoms with E-state index in [9.17, 15) is 13.0 Å². The molecule has 0 atom stereocenters. The Bertz CT molecular complexity index is 1240. The number of fused-ring (bicyclic) bond motifs is 1. The molecule has 1 heterocycles. The lowest BCUT2D eigenvalue weighted by Crippen LogP contribution is -2.34. The number of benzene rings is 2. The van der Waals surface area contributed by atoms with Crippen LogP contribution in [-0.2, 0) is 16.7 Å². The van der Waals surface area contributed by atoms with Crippen molar-refractivity contribution in [1.29, 1.82) is 0 Å². The monoisotopic (exact) mass is 536 g/mol. The van der Waals surface area contributed by atoms with Gasteiger partial charge >= 0.3 is 0 Å². The van der Waals surface area contributed by atoms with Gasteiger partial charge in [-0.1, -0.05) is 76.7 Å². The van der Waals surface area contributed by atoms with Crippen LogP contribution >= 0.6 is 0 Å². The van der Waals surface area contributed by atoms with Gasteiger partial charge in [-0.3, -0.25) is 0 Å². The molecule has 0 aliphatic carbocycles. The molecule has 0 saturated carbocycles. The van der Waals surface area contributed by atoms with E-state index in [1.807, 2.05) is 16.8 Å². The van der Waals surface area contributed by atoms with Crippen molar-refractivity contribution < 1.29 is 17.5 Å². The molecule has 0 aliphatic rings. The van der Waals surface area contributed by atoms with Crippen LogP contribution < -0.4 is 9.47 Å². The van der Waals surface area contributed by atoms with E-state index in [1.165, 1.54) is 62.6 Å². The summed E-state index contributed by atoms with van der Waals surface area (Å²) in [7, 11) is -4.18. The van der Waals surface area contributed by atoms with E-state index in [2.05, 4.69) is 79.4 Å². The van der Waals surface area contributed by atoms with E-state index in [0.29, 0.717) is 13.0 Å². The minimum Gasteiger partial charge on any atom is -0.748 e. The standard InChI is InChI=1S/C32H44N2O3S/c1-3-5-7-9-22-33(23-10-8-6-4-2)31-19-16-28(17-20-31)14-15-29-18-21-32-30(27-29)13-11-24-34(32)25-12-26-38(35,36)37/h11,13-21,24,27H,3-10,12,22-23,25-26H2,1-2H3/b15-14+. The van der Waals surface area contributed by atoms with Gasteiger partial charge in [0, 0.05) is 48.5 Å². The summed E-state index contributed by atoms with van der Waals surface area (Å²) in [6.45, 7) is 7.28. The number of hydrogen-bond acceptors (Lipinski definition) is 4. The largest absolute Gasteiger partial charge is 0.748 e. The highest BCUT2D eigenvalue weighted by Crippen LogP contribution is 2.20. The molecule has 0 bridgehead atoms. The van der Waals surface area contributed by atoms with Crippen LogP contribution in [0.3, 0.4) is 0 Å². The maximum Gasteiger partial charge on any atom is 0.212 e. The van der Waals surface area contributed by atoms with E-state index < -0.39 is 10.1 Å². The molecule has 0 spiro atoms.